The summed E-state index contributed by atoms with van der Waals surface area (Å²) in [4.78, 5) is 0. The first kappa shape index (κ1) is 15.1. The van der Waals surface area contributed by atoms with Gasteiger partial charge in [0.1, 0.15) is 5.75 Å². The van der Waals surface area contributed by atoms with Crippen molar-refractivity contribution in [2.75, 3.05) is 13.7 Å². The molecule has 0 bridgehead atoms. The molecular formula is C16H20BrNO2. The molecule has 0 aliphatic heterocycles. The first-order valence-corrected chi connectivity index (χ1v) is 7.49. The van der Waals surface area contributed by atoms with E-state index in [0.29, 0.717) is 0 Å². The van der Waals surface area contributed by atoms with Crippen LogP contribution in [0, 0.1) is 13.8 Å². The Morgan fingerprint density at radius 3 is 2.55 bits per heavy atom. The molecule has 0 amide bonds. The van der Waals surface area contributed by atoms with E-state index in [-0.39, 0.29) is 6.04 Å². The van der Waals surface area contributed by atoms with Crippen molar-refractivity contribution in [1.82, 2.24) is 5.32 Å². The number of hydrogen-bond acceptors (Lipinski definition) is 3. The maximum Gasteiger partial charge on any atom is 0.174 e. The number of ether oxygens (including phenoxy) is 1. The van der Waals surface area contributed by atoms with E-state index in [1.54, 1.807) is 13.4 Å². The van der Waals surface area contributed by atoms with Gasteiger partial charge in [0.05, 0.1) is 19.4 Å². The third-order valence-corrected chi connectivity index (χ3v) is 4.23. The second kappa shape index (κ2) is 6.46. The summed E-state index contributed by atoms with van der Waals surface area (Å²) < 4.78 is 11.8. The summed E-state index contributed by atoms with van der Waals surface area (Å²) in [5.41, 5.74) is 4.60. The molecule has 0 saturated heterocycles. The minimum absolute atomic E-state index is 0.0439. The Morgan fingerprint density at radius 1 is 1.25 bits per heavy atom. The smallest absolute Gasteiger partial charge is 0.174 e. The van der Waals surface area contributed by atoms with Crippen LogP contribution in [0.3, 0.4) is 0 Å². The van der Waals surface area contributed by atoms with E-state index >= 15 is 0 Å². The lowest BCUT2D eigenvalue weighted by Crippen LogP contribution is -2.22. The number of furan rings is 1. The molecule has 0 radical (unpaired) electrons. The molecule has 3 nitrogen and oxygen atoms in total. The molecule has 0 saturated carbocycles. The maximum absolute atomic E-state index is 5.64. The predicted octanol–water partition coefficient (Wildman–Crippen LogP) is 4.37. The van der Waals surface area contributed by atoms with Crippen LogP contribution in [0.2, 0.25) is 0 Å². The largest absolute Gasteiger partial charge is 0.496 e. The molecule has 108 valence electrons. The Kier molecular flexibility index (Phi) is 4.89. The van der Waals surface area contributed by atoms with Gasteiger partial charge >= 0.3 is 0 Å². The van der Waals surface area contributed by atoms with Gasteiger partial charge in [-0.1, -0.05) is 19.1 Å². The molecule has 1 aromatic heterocycles. The lowest BCUT2D eigenvalue weighted by molar-refractivity contribution is 0.400. The SMILES string of the molecule is CCNC(c1ccoc1Br)c1ccc(C)c(C)c1OC. The van der Waals surface area contributed by atoms with Crippen LogP contribution >= 0.6 is 15.9 Å². The number of benzene rings is 1. The monoisotopic (exact) mass is 337 g/mol. The Hall–Kier alpha value is -1.26. The summed E-state index contributed by atoms with van der Waals surface area (Å²) in [6.07, 6.45) is 1.69. The number of methoxy groups -OCH3 is 1. The fourth-order valence-corrected chi connectivity index (χ4v) is 2.88. The topological polar surface area (TPSA) is 34.4 Å². The van der Waals surface area contributed by atoms with E-state index in [0.717, 1.165) is 28.1 Å². The highest BCUT2D eigenvalue weighted by Crippen LogP contribution is 2.36. The fraction of sp³-hybridized carbons (Fsp3) is 0.375. The number of hydrogen-bond donors (Lipinski definition) is 1. The molecule has 4 heteroatoms. The van der Waals surface area contributed by atoms with Crippen LogP contribution in [0.5, 0.6) is 5.75 Å². The molecule has 1 heterocycles. The van der Waals surface area contributed by atoms with Gasteiger partial charge < -0.3 is 14.5 Å². The first-order chi connectivity index (χ1) is 9.60. The molecule has 0 spiro atoms. The van der Waals surface area contributed by atoms with Crippen LogP contribution in [-0.2, 0) is 0 Å². The Morgan fingerprint density at radius 2 is 2.00 bits per heavy atom. The predicted molar refractivity (Wildman–Crippen MR) is 84.4 cm³/mol. The van der Waals surface area contributed by atoms with Crippen molar-refractivity contribution in [3.63, 3.8) is 0 Å². The zero-order valence-electron chi connectivity index (χ0n) is 12.3. The molecule has 20 heavy (non-hydrogen) atoms. The lowest BCUT2D eigenvalue weighted by atomic mass is 9.95. The number of aryl methyl sites for hydroxylation is 1. The van der Waals surface area contributed by atoms with Crippen molar-refractivity contribution < 1.29 is 9.15 Å². The normalized spacial score (nSPS) is 12.4. The van der Waals surface area contributed by atoms with Gasteiger partial charge in [-0.05, 0) is 53.5 Å². The summed E-state index contributed by atoms with van der Waals surface area (Å²) in [6.45, 7) is 7.13. The van der Waals surface area contributed by atoms with Gasteiger partial charge in [0.25, 0.3) is 0 Å². The maximum atomic E-state index is 5.64. The summed E-state index contributed by atoms with van der Waals surface area (Å²) >= 11 is 3.47. The van der Waals surface area contributed by atoms with Crippen molar-refractivity contribution in [3.05, 3.63) is 51.4 Å². The molecular weight excluding hydrogens is 318 g/mol. The summed E-state index contributed by atoms with van der Waals surface area (Å²) in [6, 6.07) is 6.27. The molecule has 1 atom stereocenters. The highest BCUT2D eigenvalue weighted by atomic mass is 79.9. The van der Waals surface area contributed by atoms with Crippen LogP contribution in [0.1, 0.15) is 35.2 Å². The average molecular weight is 338 g/mol. The first-order valence-electron chi connectivity index (χ1n) is 6.70. The minimum atomic E-state index is 0.0439. The Bertz CT molecular complexity index is 592. The standard InChI is InChI=1S/C16H20BrNO2/c1-5-18-14(13-8-9-20-16(13)17)12-7-6-10(2)11(3)15(12)19-4/h6-9,14,18H,5H2,1-4H3. The summed E-state index contributed by atoms with van der Waals surface area (Å²) in [7, 11) is 1.72. The minimum Gasteiger partial charge on any atom is -0.496 e. The number of nitrogens with one attached hydrogen (secondary N) is 1. The van der Waals surface area contributed by atoms with Gasteiger partial charge in [0.15, 0.2) is 4.67 Å². The van der Waals surface area contributed by atoms with Gasteiger partial charge in [-0.3, -0.25) is 0 Å². The van der Waals surface area contributed by atoms with Crippen molar-refractivity contribution in [1.29, 1.82) is 0 Å². The van der Waals surface area contributed by atoms with Crippen LogP contribution in [-0.4, -0.2) is 13.7 Å². The molecule has 2 rings (SSSR count). The second-order valence-electron chi connectivity index (χ2n) is 4.77. The summed E-state index contributed by atoms with van der Waals surface area (Å²) in [5.74, 6) is 0.934. The van der Waals surface area contributed by atoms with Crippen LogP contribution in [0.15, 0.2) is 33.5 Å². The highest BCUT2D eigenvalue weighted by Gasteiger charge is 2.22. The van der Waals surface area contributed by atoms with Gasteiger partial charge in [0.2, 0.25) is 0 Å². The molecule has 0 aliphatic rings. The van der Waals surface area contributed by atoms with Crippen LogP contribution in [0.25, 0.3) is 0 Å². The zero-order chi connectivity index (χ0) is 14.7. The molecule has 2 aromatic rings. The quantitative estimate of drug-likeness (QED) is 0.879. The van der Waals surface area contributed by atoms with E-state index in [2.05, 4.69) is 54.2 Å². The van der Waals surface area contributed by atoms with E-state index in [4.69, 9.17) is 9.15 Å². The molecule has 0 aliphatic carbocycles. The fourth-order valence-electron chi connectivity index (χ4n) is 2.41. The molecule has 1 unspecified atom stereocenters. The van der Waals surface area contributed by atoms with Crippen molar-refractivity contribution in [2.24, 2.45) is 0 Å². The lowest BCUT2D eigenvalue weighted by Gasteiger charge is -2.22. The Labute approximate surface area is 128 Å². The second-order valence-corrected chi connectivity index (χ2v) is 5.49. The van der Waals surface area contributed by atoms with Gasteiger partial charge in [-0.25, -0.2) is 0 Å². The zero-order valence-corrected chi connectivity index (χ0v) is 13.9. The van der Waals surface area contributed by atoms with E-state index in [1.807, 2.05) is 6.07 Å². The van der Waals surface area contributed by atoms with E-state index in [1.165, 1.54) is 11.1 Å². The third kappa shape index (κ3) is 2.76. The van der Waals surface area contributed by atoms with Crippen molar-refractivity contribution in [2.45, 2.75) is 26.8 Å². The molecule has 1 aromatic carbocycles. The van der Waals surface area contributed by atoms with Gasteiger partial charge in [0, 0.05) is 11.1 Å². The van der Waals surface area contributed by atoms with Gasteiger partial charge in [-0.2, -0.15) is 0 Å². The Balaban J connectivity index is 2.56. The van der Waals surface area contributed by atoms with E-state index < -0.39 is 0 Å². The number of halogens is 1. The number of rotatable bonds is 5. The van der Waals surface area contributed by atoms with E-state index in [9.17, 15) is 0 Å². The average Bonchev–Trinajstić information content (AvgIpc) is 2.85. The van der Waals surface area contributed by atoms with Crippen molar-refractivity contribution in [3.8, 4) is 5.75 Å². The van der Waals surface area contributed by atoms with Gasteiger partial charge in [-0.15, -0.1) is 0 Å². The molecule has 0 fully saturated rings. The highest BCUT2D eigenvalue weighted by molar-refractivity contribution is 9.10. The summed E-state index contributed by atoms with van der Waals surface area (Å²) in [5, 5.41) is 3.49. The molecule has 1 N–H and O–H groups in total. The van der Waals surface area contributed by atoms with Crippen LogP contribution in [0.4, 0.5) is 0 Å². The third-order valence-electron chi connectivity index (χ3n) is 3.59. The van der Waals surface area contributed by atoms with Crippen LogP contribution < -0.4 is 10.1 Å². The van der Waals surface area contributed by atoms with Crippen molar-refractivity contribution >= 4 is 15.9 Å².